The molecule has 0 radical (unpaired) electrons. The standard InChI is InChI=1S/C8H4BrFN2S/c9-6-1-5(2-7(10)3-6)8-12-11-4-13-8/h1-4H. The molecule has 2 nitrogen and oxygen atoms in total. The fraction of sp³-hybridized carbons (Fsp3) is 0. The van der Waals surface area contributed by atoms with Crippen molar-refractivity contribution in [3.05, 3.63) is 34.0 Å². The zero-order valence-corrected chi connectivity index (χ0v) is 8.77. The van der Waals surface area contributed by atoms with Gasteiger partial charge in [0.1, 0.15) is 16.3 Å². The van der Waals surface area contributed by atoms with E-state index in [1.807, 2.05) is 6.07 Å². The normalized spacial score (nSPS) is 10.3. The van der Waals surface area contributed by atoms with Crippen molar-refractivity contribution in [3.8, 4) is 10.6 Å². The number of nitrogens with zero attached hydrogens (tertiary/aromatic N) is 2. The Labute approximate surface area is 86.6 Å². The van der Waals surface area contributed by atoms with Crippen LogP contribution in [0.2, 0.25) is 0 Å². The van der Waals surface area contributed by atoms with Gasteiger partial charge in [-0.15, -0.1) is 10.2 Å². The van der Waals surface area contributed by atoms with Crippen molar-refractivity contribution in [1.29, 1.82) is 0 Å². The van der Waals surface area contributed by atoms with Crippen molar-refractivity contribution in [3.63, 3.8) is 0 Å². The van der Waals surface area contributed by atoms with Gasteiger partial charge in [-0.1, -0.05) is 27.3 Å². The second kappa shape index (κ2) is 3.51. The molecular formula is C8H4BrFN2S. The maximum atomic E-state index is 12.9. The lowest BCUT2D eigenvalue weighted by molar-refractivity contribution is 0.627. The van der Waals surface area contributed by atoms with Crippen molar-refractivity contribution < 1.29 is 4.39 Å². The molecule has 13 heavy (non-hydrogen) atoms. The number of hydrogen-bond acceptors (Lipinski definition) is 3. The Bertz CT molecular complexity index is 396. The molecule has 1 heterocycles. The third kappa shape index (κ3) is 1.92. The van der Waals surface area contributed by atoms with Crippen LogP contribution in [0, 0.1) is 5.82 Å². The first kappa shape index (κ1) is 8.77. The van der Waals surface area contributed by atoms with Crippen molar-refractivity contribution >= 4 is 27.3 Å². The predicted molar refractivity (Wildman–Crippen MR) is 53.0 cm³/mol. The fourth-order valence-electron chi connectivity index (χ4n) is 0.976. The zero-order chi connectivity index (χ0) is 9.26. The molecule has 0 spiro atoms. The Morgan fingerprint density at radius 3 is 2.77 bits per heavy atom. The van der Waals surface area contributed by atoms with E-state index in [4.69, 9.17) is 0 Å². The Kier molecular flexibility index (Phi) is 2.37. The number of aromatic nitrogens is 2. The highest BCUT2D eigenvalue weighted by atomic mass is 79.9. The van der Waals surface area contributed by atoms with Crippen LogP contribution < -0.4 is 0 Å². The second-order valence-electron chi connectivity index (χ2n) is 2.40. The summed E-state index contributed by atoms with van der Waals surface area (Å²) in [5.41, 5.74) is 2.36. The molecule has 0 N–H and O–H groups in total. The molecule has 0 amide bonds. The number of halogens is 2. The largest absolute Gasteiger partial charge is 0.207 e. The molecule has 0 fully saturated rings. The van der Waals surface area contributed by atoms with Crippen LogP contribution in [0.5, 0.6) is 0 Å². The molecule has 0 aliphatic heterocycles. The van der Waals surface area contributed by atoms with Crippen molar-refractivity contribution in [1.82, 2.24) is 10.2 Å². The second-order valence-corrected chi connectivity index (χ2v) is 4.15. The summed E-state index contributed by atoms with van der Waals surface area (Å²) < 4.78 is 13.7. The molecule has 0 unspecified atom stereocenters. The molecule has 1 aromatic heterocycles. The van der Waals surface area contributed by atoms with Crippen LogP contribution in [-0.4, -0.2) is 10.2 Å². The molecule has 0 saturated heterocycles. The average molecular weight is 259 g/mol. The summed E-state index contributed by atoms with van der Waals surface area (Å²) in [6, 6.07) is 4.65. The summed E-state index contributed by atoms with van der Waals surface area (Å²) in [7, 11) is 0. The third-order valence-electron chi connectivity index (χ3n) is 1.47. The van der Waals surface area contributed by atoms with Gasteiger partial charge in [0.05, 0.1) is 0 Å². The SMILES string of the molecule is Fc1cc(Br)cc(-c2nncs2)c1. The van der Waals surface area contributed by atoms with Crippen LogP contribution in [0.3, 0.4) is 0 Å². The van der Waals surface area contributed by atoms with Gasteiger partial charge in [0, 0.05) is 10.0 Å². The van der Waals surface area contributed by atoms with E-state index in [2.05, 4.69) is 26.1 Å². The van der Waals surface area contributed by atoms with E-state index in [-0.39, 0.29) is 5.82 Å². The lowest BCUT2D eigenvalue weighted by atomic mass is 10.2. The van der Waals surface area contributed by atoms with Crippen LogP contribution in [0.1, 0.15) is 0 Å². The quantitative estimate of drug-likeness (QED) is 0.786. The average Bonchev–Trinajstić information content (AvgIpc) is 2.53. The summed E-state index contributed by atoms with van der Waals surface area (Å²) in [6.07, 6.45) is 0. The first-order chi connectivity index (χ1) is 6.25. The molecule has 0 saturated carbocycles. The summed E-state index contributed by atoms with van der Waals surface area (Å²) in [5.74, 6) is -0.278. The Hall–Kier alpha value is -0.810. The fourth-order valence-corrected chi connectivity index (χ4v) is 1.98. The van der Waals surface area contributed by atoms with Gasteiger partial charge in [-0.2, -0.15) is 0 Å². The van der Waals surface area contributed by atoms with Crippen LogP contribution >= 0.6 is 27.3 Å². The molecule has 0 atom stereocenters. The lowest BCUT2D eigenvalue weighted by Crippen LogP contribution is -1.80. The van der Waals surface area contributed by atoms with Gasteiger partial charge in [0.2, 0.25) is 0 Å². The van der Waals surface area contributed by atoms with Gasteiger partial charge < -0.3 is 0 Å². The van der Waals surface area contributed by atoms with Gasteiger partial charge >= 0.3 is 0 Å². The van der Waals surface area contributed by atoms with E-state index in [0.29, 0.717) is 4.47 Å². The Balaban J connectivity index is 2.53. The molecule has 2 rings (SSSR count). The first-order valence-corrected chi connectivity index (χ1v) is 5.15. The summed E-state index contributed by atoms with van der Waals surface area (Å²) in [4.78, 5) is 0. The Morgan fingerprint density at radius 1 is 1.31 bits per heavy atom. The summed E-state index contributed by atoms with van der Waals surface area (Å²) in [6.45, 7) is 0. The van der Waals surface area contributed by atoms with Crippen LogP contribution in [0.25, 0.3) is 10.6 Å². The van der Waals surface area contributed by atoms with E-state index in [1.54, 1.807) is 5.51 Å². The molecule has 66 valence electrons. The number of benzene rings is 1. The van der Waals surface area contributed by atoms with Gasteiger partial charge in [0.25, 0.3) is 0 Å². The van der Waals surface area contributed by atoms with Gasteiger partial charge in [0.15, 0.2) is 0 Å². The lowest BCUT2D eigenvalue weighted by Gasteiger charge is -1.96. The minimum absolute atomic E-state index is 0.278. The van der Waals surface area contributed by atoms with Gasteiger partial charge in [-0.25, -0.2) is 4.39 Å². The van der Waals surface area contributed by atoms with E-state index >= 15 is 0 Å². The first-order valence-electron chi connectivity index (χ1n) is 3.48. The minimum Gasteiger partial charge on any atom is -0.207 e. The van der Waals surface area contributed by atoms with E-state index in [1.165, 1.54) is 23.5 Å². The van der Waals surface area contributed by atoms with Crippen LogP contribution in [0.15, 0.2) is 28.2 Å². The van der Waals surface area contributed by atoms with Gasteiger partial charge in [-0.3, -0.25) is 0 Å². The predicted octanol–water partition coefficient (Wildman–Crippen LogP) is 3.11. The number of rotatable bonds is 1. The summed E-state index contributed by atoms with van der Waals surface area (Å²) >= 11 is 4.60. The number of hydrogen-bond donors (Lipinski definition) is 0. The highest BCUT2D eigenvalue weighted by Gasteiger charge is 2.04. The molecular weight excluding hydrogens is 255 g/mol. The summed E-state index contributed by atoms with van der Waals surface area (Å²) in [5, 5.41) is 8.26. The third-order valence-corrected chi connectivity index (χ3v) is 2.67. The Morgan fingerprint density at radius 2 is 2.15 bits per heavy atom. The molecule has 0 aliphatic carbocycles. The minimum atomic E-state index is -0.278. The van der Waals surface area contributed by atoms with Gasteiger partial charge in [-0.05, 0) is 18.2 Å². The molecule has 0 aliphatic rings. The zero-order valence-electron chi connectivity index (χ0n) is 6.37. The molecule has 1 aromatic carbocycles. The molecule has 0 bridgehead atoms. The van der Waals surface area contributed by atoms with Crippen LogP contribution in [0.4, 0.5) is 4.39 Å². The van der Waals surface area contributed by atoms with Crippen molar-refractivity contribution in [2.24, 2.45) is 0 Å². The topological polar surface area (TPSA) is 25.8 Å². The maximum Gasteiger partial charge on any atom is 0.147 e. The van der Waals surface area contributed by atoms with E-state index in [0.717, 1.165) is 10.6 Å². The van der Waals surface area contributed by atoms with E-state index in [9.17, 15) is 4.39 Å². The van der Waals surface area contributed by atoms with E-state index < -0.39 is 0 Å². The highest BCUT2D eigenvalue weighted by molar-refractivity contribution is 9.10. The van der Waals surface area contributed by atoms with Crippen molar-refractivity contribution in [2.45, 2.75) is 0 Å². The smallest absolute Gasteiger partial charge is 0.147 e. The monoisotopic (exact) mass is 258 g/mol. The van der Waals surface area contributed by atoms with Crippen LogP contribution in [-0.2, 0) is 0 Å². The maximum absolute atomic E-state index is 12.9. The molecule has 5 heteroatoms. The highest BCUT2D eigenvalue weighted by Crippen LogP contribution is 2.25. The van der Waals surface area contributed by atoms with Crippen molar-refractivity contribution in [2.75, 3.05) is 0 Å². The molecule has 2 aromatic rings.